The average molecular weight is 317 g/mol. The fraction of sp³-hybridized carbons (Fsp3) is 0.312. The second kappa shape index (κ2) is 5.49. The van der Waals surface area contributed by atoms with Gasteiger partial charge in [0.2, 0.25) is 0 Å². The maximum Gasteiger partial charge on any atom is 0.311 e. The predicted molar refractivity (Wildman–Crippen MR) is 80.2 cm³/mol. The smallest absolute Gasteiger partial charge is 0.311 e. The van der Waals surface area contributed by atoms with Gasteiger partial charge in [0.25, 0.3) is 5.91 Å². The topological polar surface area (TPSA) is 86.3 Å². The third-order valence-electron chi connectivity index (χ3n) is 4.28. The third-order valence-corrected chi connectivity index (χ3v) is 4.28. The van der Waals surface area contributed by atoms with Gasteiger partial charge in [-0.3, -0.25) is 14.7 Å². The second-order valence-electron chi connectivity index (χ2n) is 6.01. The first-order valence-electron chi connectivity index (χ1n) is 7.23. The van der Waals surface area contributed by atoms with Crippen LogP contribution in [0, 0.1) is 11.2 Å². The molecule has 3 rings (SSSR count). The van der Waals surface area contributed by atoms with Gasteiger partial charge in [-0.15, -0.1) is 0 Å². The highest BCUT2D eigenvalue weighted by Crippen LogP contribution is 2.32. The van der Waals surface area contributed by atoms with E-state index in [1.54, 1.807) is 19.1 Å². The van der Waals surface area contributed by atoms with Crippen molar-refractivity contribution in [3.8, 4) is 11.3 Å². The van der Waals surface area contributed by atoms with Crippen molar-refractivity contribution in [2.24, 2.45) is 5.41 Å². The van der Waals surface area contributed by atoms with E-state index in [-0.39, 0.29) is 18.3 Å². The Morgan fingerprint density at radius 1 is 1.35 bits per heavy atom. The molecule has 6 nitrogen and oxygen atoms in total. The number of halogens is 1. The van der Waals surface area contributed by atoms with E-state index < -0.39 is 11.4 Å². The number of likely N-dealkylation sites (tertiary alicyclic amines) is 1. The molecule has 23 heavy (non-hydrogen) atoms. The minimum absolute atomic E-state index is 0.162. The number of amides is 1. The van der Waals surface area contributed by atoms with Gasteiger partial charge in [-0.25, -0.2) is 4.39 Å². The largest absolute Gasteiger partial charge is 0.481 e. The number of benzene rings is 1. The van der Waals surface area contributed by atoms with Crippen molar-refractivity contribution < 1.29 is 19.1 Å². The average Bonchev–Trinajstić information content (AvgIpc) is 3.15. The molecule has 7 heteroatoms. The number of carbonyl (C=O) groups is 2. The quantitative estimate of drug-likeness (QED) is 0.908. The number of hydrogen-bond acceptors (Lipinski definition) is 3. The van der Waals surface area contributed by atoms with Crippen molar-refractivity contribution in [2.45, 2.75) is 13.3 Å². The maximum absolute atomic E-state index is 13.0. The summed E-state index contributed by atoms with van der Waals surface area (Å²) < 4.78 is 13.0. The Hall–Kier alpha value is -2.70. The normalized spacial score (nSPS) is 20.7. The molecule has 2 heterocycles. The number of hydrogen-bond donors (Lipinski definition) is 2. The molecule has 1 aliphatic heterocycles. The molecule has 1 amide bonds. The number of H-pyrrole nitrogens is 1. The Morgan fingerprint density at radius 2 is 2.04 bits per heavy atom. The van der Waals surface area contributed by atoms with Gasteiger partial charge < -0.3 is 10.0 Å². The van der Waals surface area contributed by atoms with Crippen LogP contribution < -0.4 is 0 Å². The van der Waals surface area contributed by atoms with Crippen LogP contribution in [0.25, 0.3) is 11.3 Å². The lowest BCUT2D eigenvalue weighted by atomic mass is 9.90. The van der Waals surface area contributed by atoms with Gasteiger partial charge in [0.05, 0.1) is 22.9 Å². The molecule has 2 aromatic rings. The van der Waals surface area contributed by atoms with Crippen LogP contribution in [0.4, 0.5) is 4.39 Å². The minimum atomic E-state index is -0.921. The van der Waals surface area contributed by atoms with E-state index in [4.69, 9.17) is 0 Å². The first kappa shape index (κ1) is 15.2. The fourth-order valence-corrected chi connectivity index (χ4v) is 2.76. The van der Waals surface area contributed by atoms with Crippen molar-refractivity contribution in [2.75, 3.05) is 13.1 Å². The van der Waals surface area contributed by atoms with Gasteiger partial charge >= 0.3 is 5.97 Å². The van der Waals surface area contributed by atoms with Gasteiger partial charge in [0.15, 0.2) is 0 Å². The monoisotopic (exact) mass is 317 g/mol. The summed E-state index contributed by atoms with van der Waals surface area (Å²) in [5.74, 6) is -1.54. The van der Waals surface area contributed by atoms with Gasteiger partial charge in [-0.05, 0) is 37.6 Å². The molecule has 1 atom stereocenters. The van der Waals surface area contributed by atoms with Crippen LogP contribution in [0.5, 0.6) is 0 Å². The number of aromatic amines is 1. The summed E-state index contributed by atoms with van der Waals surface area (Å²) in [6, 6.07) is 5.74. The molecule has 0 unspecified atom stereocenters. The van der Waals surface area contributed by atoms with E-state index in [0.29, 0.717) is 29.8 Å². The zero-order valence-corrected chi connectivity index (χ0v) is 12.5. The van der Waals surface area contributed by atoms with Crippen LogP contribution in [0.15, 0.2) is 30.5 Å². The van der Waals surface area contributed by atoms with E-state index in [2.05, 4.69) is 10.2 Å². The van der Waals surface area contributed by atoms with Crippen molar-refractivity contribution in [1.82, 2.24) is 15.1 Å². The van der Waals surface area contributed by atoms with E-state index in [0.717, 1.165) is 0 Å². The molecule has 0 saturated carbocycles. The summed E-state index contributed by atoms with van der Waals surface area (Å²) in [5.41, 5.74) is 0.577. The van der Waals surface area contributed by atoms with Crippen LogP contribution in [-0.2, 0) is 4.79 Å². The van der Waals surface area contributed by atoms with Gasteiger partial charge in [0.1, 0.15) is 5.82 Å². The molecule has 1 aromatic heterocycles. The zero-order chi connectivity index (χ0) is 16.6. The molecule has 0 bridgehead atoms. The van der Waals surface area contributed by atoms with E-state index in [1.165, 1.54) is 23.2 Å². The predicted octanol–water partition coefficient (Wildman–Crippen LogP) is 2.15. The molecule has 1 aromatic carbocycles. The van der Waals surface area contributed by atoms with E-state index >= 15 is 0 Å². The highest BCUT2D eigenvalue weighted by molar-refractivity contribution is 6.00. The lowest BCUT2D eigenvalue weighted by Crippen LogP contribution is -2.34. The molecule has 0 aliphatic carbocycles. The van der Waals surface area contributed by atoms with Crippen LogP contribution in [-0.4, -0.2) is 45.2 Å². The van der Waals surface area contributed by atoms with Crippen LogP contribution in [0.2, 0.25) is 0 Å². The maximum atomic E-state index is 13.0. The van der Waals surface area contributed by atoms with Crippen LogP contribution >= 0.6 is 0 Å². The third kappa shape index (κ3) is 2.69. The van der Waals surface area contributed by atoms with E-state index in [1.807, 2.05) is 0 Å². The van der Waals surface area contributed by atoms with Gasteiger partial charge in [-0.2, -0.15) is 5.10 Å². The molecule has 0 spiro atoms. The zero-order valence-electron chi connectivity index (χ0n) is 12.5. The molecule has 1 fully saturated rings. The van der Waals surface area contributed by atoms with E-state index in [9.17, 15) is 19.1 Å². The molecule has 120 valence electrons. The van der Waals surface area contributed by atoms with Crippen molar-refractivity contribution in [3.63, 3.8) is 0 Å². The Balaban J connectivity index is 1.86. The highest BCUT2D eigenvalue weighted by Gasteiger charge is 2.42. The summed E-state index contributed by atoms with van der Waals surface area (Å²) in [4.78, 5) is 25.5. The van der Waals surface area contributed by atoms with Gasteiger partial charge in [-0.1, -0.05) is 0 Å². The molecule has 2 N–H and O–H groups in total. The lowest BCUT2D eigenvalue weighted by molar-refractivity contribution is -0.147. The number of nitrogens with one attached hydrogen (secondary N) is 1. The van der Waals surface area contributed by atoms with Crippen LogP contribution in [0.1, 0.15) is 23.7 Å². The molecule has 0 radical (unpaired) electrons. The summed E-state index contributed by atoms with van der Waals surface area (Å²) in [6.07, 6.45) is 1.83. The number of aliphatic carboxylic acids is 1. The van der Waals surface area contributed by atoms with Crippen molar-refractivity contribution in [3.05, 3.63) is 41.8 Å². The number of carboxylic acids is 1. The van der Waals surface area contributed by atoms with Crippen molar-refractivity contribution >= 4 is 11.9 Å². The number of carbonyl (C=O) groups excluding carboxylic acids is 1. The molecular formula is C16H16FN3O3. The first-order valence-corrected chi connectivity index (χ1v) is 7.23. The molecular weight excluding hydrogens is 301 g/mol. The number of rotatable bonds is 3. The molecule has 1 aliphatic rings. The molecule has 1 saturated heterocycles. The van der Waals surface area contributed by atoms with Gasteiger partial charge in [0, 0.05) is 18.7 Å². The Bertz CT molecular complexity index is 756. The number of nitrogens with zero attached hydrogens (tertiary/aromatic N) is 2. The highest BCUT2D eigenvalue weighted by atomic mass is 19.1. The number of aromatic nitrogens is 2. The standard InChI is InChI=1S/C16H16FN3O3/c1-16(15(22)23)6-7-20(9-16)14(21)12-8-18-19-13(12)10-2-4-11(17)5-3-10/h2-5,8H,6-7,9H2,1H3,(H,18,19)(H,22,23)/t16-/m1/s1. The lowest BCUT2D eigenvalue weighted by Gasteiger charge is -2.20. The second-order valence-corrected chi connectivity index (χ2v) is 6.01. The van der Waals surface area contributed by atoms with Crippen LogP contribution in [0.3, 0.4) is 0 Å². The summed E-state index contributed by atoms with van der Waals surface area (Å²) >= 11 is 0. The SMILES string of the molecule is C[C@@]1(C(=O)O)CCN(C(=O)c2cn[nH]c2-c2ccc(F)cc2)C1. The fourth-order valence-electron chi connectivity index (χ4n) is 2.76. The first-order chi connectivity index (χ1) is 10.9. The minimum Gasteiger partial charge on any atom is -0.481 e. The Labute approximate surface area is 131 Å². The summed E-state index contributed by atoms with van der Waals surface area (Å²) in [7, 11) is 0. The Morgan fingerprint density at radius 3 is 2.65 bits per heavy atom. The Kier molecular flexibility index (Phi) is 3.63. The summed E-state index contributed by atoms with van der Waals surface area (Å²) in [6.45, 7) is 2.18. The number of carboxylic acid groups (broad SMARTS) is 1. The summed E-state index contributed by atoms with van der Waals surface area (Å²) in [5, 5.41) is 15.9. The van der Waals surface area contributed by atoms with Crippen molar-refractivity contribution in [1.29, 1.82) is 0 Å².